The molecule has 0 saturated heterocycles. The molecule has 0 spiro atoms. The van der Waals surface area contributed by atoms with Crippen LogP contribution in [0.2, 0.25) is 0 Å². The van der Waals surface area contributed by atoms with Gasteiger partial charge in [0.15, 0.2) is 0 Å². The highest BCUT2D eigenvalue weighted by molar-refractivity contribution is 5.33. The third kappa shape index (κ3) is 1.38. The lowest BCUT2D eigenvalue weighted by atomic mass is 9.84. The van der Waals surface area contributed by atoms with Crippen molar-refractivity contribution >= 4 is 0 Å². The molecule has 0 fully saturated rings. The van der Waals surface area contributed by atoms with E-state index in [0.29, 0.717) is 0 Å². The smallest absolute Gasteiger partial charge is 0.0250 e. The molecular formula is C12H16. The van der Waals surface area contributed by atoms with Crippen molar-refractivity contribution in [2.24, 2.45) is 5.92 Å². The van der Waals surface area contributed by atoms with Crippen LogP contribution in [0, 0.1) is 12.8 Å². The highest BCUT2D eigenvalue weighted by Gasteiger charge is 2.14. The quantitative estimate of drug-likeness (QED) is 0.547. The highest BCUT2D eigenvalue weighted by Crippen LogP contribution is 2.25. The molecule has 0 radical (unpaired) electrons. The second-order valence-electron chi connectivity index (χ2n) is 4.12. The van der Waals surface area contributed by atoms with Crippen LogP contribution in [0.25, 0.3) is 0 Å². The van der Waals surface area contributed by atoms with Gasteiger partial charge in [0.2, 0.25) is 0 Å². The lowest BCUT2D eigenvalue weighted by Gasteiger charge is -2.21. The van der Waals surface area contributed by atoms with Crippen LogP contribution in [0.1, 0.15) is 30.0 Å². The second-order valence-corrected chi connectivity index (χ2v) is 4.12. The summed E-state index contributed by atoms with van der Waals surface area (Å²) in [7, 11) is 0. The number of rotatable bonds is 0. The molecule has 1 aliphatic carbocycles. The average Bonchev–Trinajstić information content (AvgIpc) is 2.03. The molecular weight excluding hydrogens is 144 g/mol. The van der Waals surface area contributed by atoms with Gasteiger partial charge in [-0.15, -0.1) is 0 Å². The van der Waals surface area contributed by atoms with Gasteiger partial charge >= 0.3 is 0 Å². The van der Waals surface area contributed by atoms with Crippen molar-refractivity contribution in [3.63, 3.8) is 0 Å². The third-order valence-corrected chi connectivity index (χ3v) is 2.84. The lowest BCUT2D eigenvalue weighted by molar-refractivity contribution is 0.501. The molecule has 0 saturated carbocycles. The van der Waals surface area contributed by atoms with Gasteiger partial charge < -0.3 is 0 Å². The number of aryl methyl sites for hydroxylation is 2. The molecule has 1 aromatic rings. The molecule has 12 heavy (non-hydrogen) atoms. The second kappa shape index (κ2) is 2.93. The van der Waals surface area contributed by atoms with Gasteiger partial charge in [-0.2, -0.15) is 0 Å². The average molecular weight is 160 g/mol. The summed E-state index contributed by atoms with van der Waals surface area (Å²) in [6, 6.07) is 6.89. The maximum atomic E-state index is 2.35. The summed E-state index contributed by atoms with van der Waals surface area (Å²) in [5.41, 5.74) is 4.58. The van der Waals surface area contributed by atoms with Crippen LogP contribution >= 0.6 is 0 Å². The van der Waals surface area contributed by atoms with E-state index in [0.717, 1.165) is 5.92 Å². The van der Waals surface area contributed by atoms with Crippen LogP contribution in [-0.4, -0.2) is 0 Å². The van der Waals surface area contributed by atoms with E-state index >= 15 is 0 Å². The van der Waals surface area contributed by atoms with Crippen LogP contribution in [-0.2, 0) is 12.8 Å². The fourth-order valence-corrected chi connectivity index (χ4v) is 2.07. The normalized spacial score (nSPS) is 22.0. The molecule has 64 valence electrons. The maximum absolute atomic E-state index is 2.35. The molecule has 1 aromatic carbocycles. The van der Waals surface area contributed by atoms with Crippen LogP contribution in [0.4, 0.5) is 0 Å². The predicted octanol–water partition coefficient (Wildman–Crippen LogP) is 3.12. The minimum Gasteiger partial charge on any atom is -0.0622 e. The number of benzene rings is 1. The monoisotopic (exact) mass is 160 g/mol. The zero-order valence-corrected chi connectivity index (χ0v) is 7.93. The van der Waals surface area contributed by atoms with E-state index in [2.05, 4.69) is 32.0 Å². The van der Waals surface area contributed by atoms with Gasteiger partial charge in [-0.25, -0.2) is 0 Å². The zero-order chi connectivity index (χ0) is 8.55. The van der Waals surface area contributed by atoms with Crippen LogP contribution in [0.5, 0.6) is 0 Å². The zero-order valence-electron chi connectivity index (χ0n) is 7.93. The third-order valence-electron chi connectivity index (χ3n) is 2.84. The Morgan fingerprint density at radius 1 is 1.25 bits per heavy atom. The molecule has 0 aliphatic heterocycles. The number of hydrogen-bond acceptors (Lipinski definition) is 0. The van der Waals surface area contributed by atoms with Crippen molar-refractivity contribution in [3.05, 3.63) is 34.9 Å². The van der Waals surface area contributed by atoms with Crippen molar-refractivity contribution in [1.82, 2.24) is 0 Å². The van der Waals surface area contributed by atoms with Crippen LogP contribution < -0.4 is 0 Å². The van der Waals surface area contributed by atoms with E-state index in [-0.39, 0.29) is 0 Å². The first-order valence-electron chi connectivity index (χ1n) is 4.84. The van der Waals surface area contributed by atoms with Gasteiger partial charge in [-0.1, -0.05) is 30.7 Å². The number of fused-ring (bicyclic) bond motifs is 1. The first-order valence-corrected chi connectivity index (χ1v) is 4.84. The molecule has 2 rings (SSSR count). The lowest BCUT2D eigenvalue weighted by Crippen LogP contribution is -2.11. The predicted molar refractivity (Wildman–Crippen MR) is 52.4 cm³/mol. The Labute approximate surface area is 74.6 Å². The molecule has 1 atom stereocenters. The van der Waals surface area contributed by atoms with Gasteiger partial charge in [0.05, 0.1) is 0 Å². The van der Waals surface area contributed by atoms with Gasteiger partial charge in [0, 0.05) is 0 Å². The Hall–Kier alpha value is -0.780. The summed E-state index contributed by atoms with van der Waals surface area (Å²) >= 11 is 0. The Morgan fingerprint density at radius 2 is 2.08 bits per heavy atom. The SMILES string of the molecule is Cc1ccc2c(c1)C[C@H](C)CC2. The molecule has 0 heteroatoms. The van der Waals surface area contributed by atoms with Crippen molar-refractivity contribution in [2.45, 2.75) is 33.1 Å². The standard InChI is InChI=1S/C12H16/c1-9-3-5-11-6-4-10(2)8-12(11)7-9/h3,5,7,10H,4,6,8H2,1-2H3/t10-/m1/s1. The van der Waals surface area contributed by atoms with E-state index in [4.69, 9.17) is 0 Å². The van der Waals surface area contributed by atoms with Crippen molar-refractivity contribution in [3.8, 4) is 0 Å². The molecule has 0 aromatic heterocycles. The Bertz CT molecular complexity index is 286. The van der Waals surface area contributed by atoms with E-state index in [1.54, 1.807) is 11.1 Å². The largest absolute Gasteiger partial charge is 0.0622 e. The van der Waals surface area contributed by atoms with E-state index in [9.17, 15) is 0 Å². The van der Waals surface area contributed by atoms with E-state index in [1.165, 1.54) is 24.8 Å². The van der Waals surface area contributed by atoms with Crippen molar-refractivity contribution < 1.29 is 0 Å². The van der Waals surface area contributed by atoms with Gasteiger partial charge in [0.25, 0.3) is 0 Å². The Balaban J connectivity index is 2.37. The van der Waals surface area contributed by atoms with Crippen LogP contribution in [0.15, 0.2) is 18.2 Å². The topological polar surface area (TPSA) is 0 Å². The summed E-state index contributed by atoms with van der Waals surface area (Å²) < 4.78 is 0. The minimum absolute atomic E-state index is 0.888. The summed E-state index contributed by atoms with van der Waals surface area (Å²) in [6.45, 7) is 4.53. The summed E-state index contributed by atoms with van der Waals surface area (Å²) in [5.74, 6) is 0.888. The highest BCUT2D eigenvalue weighted by atomic mass is 14.2. The summed E-state index contributed by atoms with van der Waals surface area (Å²) in [6.07, 6.45) is 3.95. The summed E-state index contributed by atoms with van der Waals surface area (Å²) in [5, 5.41) is 0. The first kappa shape index (κ1) is 7.85. The molecule has 0 unspecified atom stereocenters. The minimum atomic E-state index is 0.888. The van der Waals surface area contributed by atoms with Gasteiger partial charge in [0.1, 0.15) is 0 Å². The maximum Gasteiger partial charge on any atom is -0.0250 e. The van der Waals surface area contributed by atoms with Crippen molar-refractivity contribution in [2.75, 3.05) is 0 Å². The van der Waals surface area contributed by atoms with Crippen LogP contribution in [0.3, 0.4) is 0 Å². The fourth-order valence-electron chi connectivity index (χ4n) is 2.07. The molecule has 0 bridgehead atoms. The van der Waals surface area contributed by atoms with Crippen molar-refractivity contribution in [1.29, 1.82) is 0 Å². The summed E-state index contributed by atoms with van der Waals surface area (Å²) in [4.78, 5) is 0. The molecule has 0 amide bonds. The van der Waals surface area contributed by atoms with Gasteiger partial charge in [-0.05, 0) is 43.2 Å². The van der Waals surface area contributed by atoms with Gasteiger partial charge in [-0.3, -0.25) is 0 Å². The molecule has 1 aliphatic rings. The molecule has 0 heterocycles. The van der Waals surface area contributed by atoms with E-state index in [1.807, 2.05) is 0 Å². The fraction of sp³-hybridized carbons (Fsp3) is 0.500. The first-order chi connectivity index (χ1) is 5.75. The van der Waals surface area contributed by atoms with E-state index < -0.39 is 0 Å². The molecule has 0 nitrogen and oxygen atoms in total. The Morgan fingerprint density at radius 3 is 2.92 bits per heavy atom. The molecule has 0 N–H and O–H groups in total. The Kier molecular flexibility index (Phi) is 1.92. The number of hydrogen-bond donors (Lipinski definition) is 0.